The van der Waals surface area contributed by atoms with E-state index in [4.69, 9.17) is 0 Å². The van der Waals surface area contributed by atoms with Gasteiger partial charge in [0.25, 0.3) is 5.69 Å². The van der Waals surface area contributed by atoms with E-state index in [1.54, 1.807) is 6.07 Å². The van der Waals surface area contributed by atoms with Crippen LogP contribution < -0.4 is 5.43 Å². The van der Waals surface area contributed by atoms with Crippen molar-refractivity contribution in [3.8, 4) is 0 Å². The molecule has 0 spiro atoms. The molecule has 0 aliphatic carbocycles. The number of halogens is 3. The van der Waals surface area contributed by atoms with E-state index in [2.05, 4.69) is 10.5 Å². The quantitative estimate of drug-likeness (QED) is 0.526. The second-order valence-corrected chi connectivity index (χ2v) is 4.23. The Morgan fingerprint density at radius 3 is 2.41 bits per heavy atom. The molecule has 0 atom stereocenters. The molecule has 2 aromatic carbocycles. The maximum atomic E-state index is 12.8. The maximum absolute atomic E-state index is 12.8. The van der Waals surface area contributed by atoms with Crippen molar-refractivity contribution < 1.29 is 18.1 Å². The van der Waals surface area contributed by atoms with E-state index in [9.17, 15) is 23.3 Å². The van der Waals surface area contributed by atoms with Crippen molar-refractivity contribution in [1.29, 1.82) is 0 Å². The molecule has 0 aliphatic rings. The summed E-state index contributed by atoms with van der Waals surface area (Å²) in [5.41, 5.74) is 1.17. The highest BCUT2D eigenvalue weighted by atomic mass is 19.4. The Morgan fingerprint density at radius 1 is 1.09 bits per heavy atom. The SMILES string of the molecule is O=[N+]([O-])c1ccccc1/C=N/Nc1ccccc1C(F)(F)F. The lowest BCUT2D eigenvalue weighted by molar-refractivity contribution is -0.385. The Morgan fingerprint density at radius 2 is 1.73 bits per heavy atom. The fraction of sp³-hybridized carbons (Fsp3) is 0.0714. The Hall–Kier alpha value is -2.90. The van der Waals surface area contributed by atoms with Crippen molar-refractivity contribution >= 4 is 17.6 Å². The molecule has 0 amide bonds. The van der Waals surface area contributed by atoms with Gasteiger partial charge in [0.15, 0.2) is 0 Å². The third-order valence-corrected chi connectivity index (χ3v) is 2.75. The molecule has 0 unspecified atom stereocenters. The van der Waals surface area contributed by atoms with E-state index < -0.39 is 16.7 Å². The summed E-state index contributed by atoms with van der Waals surface area (Å²) in [6, 6.07) is 10.6. The smallest absolute Gasteiger partial charge is 0.278 e. The number of hydrogen-bond acceptors (Lipinski definition) is 4. The van der Waals surface area contributed by atoms with Crippen LogP contribution in [0.4, 0.5) is 24.5 Å². The van der Waals surface area contributed by atoms with Gasteiger partial charge in [-0.3, -0.25) is 15.5 Å². The summed E-state index contributed by atoms with van der Waals surface area (Å²) < 4.78 is 38.4. The Balaban J connectivity index is 2.23. The van der Waals surface area contributed by atoms with Crippen molar-refractivity contribution in [2.24, 2.45) is 5.10 Å². The molecule has 22 heavy (non-hydrogen) atoms. The zero-order valence-electron chi connectivity index (χ0n) is 11.0. The highest BCUT2D eigenvalue weighted by molar-refractivity contribution is 5.85. The molecule has 0 saturated carbocycles. The van der Waals surface area contributed by atoms with Crippen LogP contribution in [0.25, 0.3) is 0 Å². The molecule has 0 radical (unpaired) electrons. The average Bonchev–Trinajstić information content (AvgIpc) is 2.47. The molecule has 114 valence electrons. The van der Waals surface area contributed by atoms with Crippen LogP contribution in [-0.2, 0) is 6.18 Å². The van der Waals surface area contributed by atoms with Crippen LogP contribution in [0.2, 0.25) is 0 Å². The zero-order chi connectivity index (χ0) is 16.2. The molecular formula is C14H10F3N3O2. The number of alkyl halides is 3. The average molecular weight is 309 g/mol. The molecule has 2 rings (SSSR count). The number of para-hydroxylation sites is 2. The van der Waals surface area contributed by atoms with Crippen LogP contribution in [-0.4, -0.2) is 11.1 Å². The monoisotopic (exact) mass is 309 g/mol. The van der Waals surface area contributed by atoms with Crippen molar-refractivity contribution in [3.63, 3.8) is 0 Å². The molecular weight excluding hydrogens is 299 g/mol. The number of nitrogens with one attached hydrogen (secondary N) is 1. The van der Waals surface area contributed by atoms with Gasteiger partial charge in [0.2, 0.25) is 0 Å². The Kier molecular flexibility index (Phi) is 4.40. The lowest BCUT2D eigenvalue weighted by Crippen LogP contribution is -2.08. The zero-order valence-corrected chi connectivity index (χ0v) is 11.0. The summed E-state index contributed by atoms with van der Waals surface area (Å²) in [7, 11) is 0. The van der Waals surface area contributed by atoms with Crippen molar-refractivity contribution in [3.05, 3.63) is 69.8 Å². The first-order valence-electron chi connectivity index (χ1n) is 6.08. The molecule has 2 aromatic rings. The summed E-state index contributed by atoms with van der Waals surface area (Å²) in [4.78, 5) is 10.2. The van der Waals surface area contributed by atoms with Crippen molar-refractivity contribution in [2.75, 3.05) is 5.43 Å². The highest BCUT2D eigenvalue weighted by Crippen LogP contribution is 2.34. The van der Waals surface area contributed by atoms with E-state index >= 15 is 0 Å². The number of hydrogen-bond donors (Lipinski definition) is 1. The number of anilines is 1. The standard InChI is InChI=1S/C14H10F3N3O2/c15-14(16,17)11-6-2-3-7-12(11)19-18-9-10-5-1-4-8-13(10)20(21)22/h1-9,19H/b18-9+. The van der Waals surface area contributed by atoms with Crippen molar-refractivity contribution in [2.45, 2.75) is 6.18 Å². The number of rotatable bonds is 4. The van der Waals surface area contributed by atoms with E-state index in [1.807, 2.05) is 0 Å². The fourth-order valence-corrected chi connectivity index (χ4v) is 1.76. The van der Waals surface area contributed by atoms with Gasteiger partial charge in [-0.1, -0.05) is 24.3 Å². The lowest BCUT2D eigenvalue weighted by Gasteiger charge is -2.11. The molecule has 5 nitrogen and oxygen atoms in total. The first-order valence-corrected chi connectivity index (χ1v) is 6.08. The first-order chi connectivity index (χ1) is 10.4. The van der Waals surface area contributed by atoms with Crippen LogP contribution in [0.5, 0.6) is 0 Å². The topological polar surface area (TPSA) is 67.5 Å². The van der Waals surface area contributed by atoms with Crippen LogP contribution in [0.3, 0.4) is 0 Å². The van der Waals surface area contributed by atoms with Gasteiger partial charge >= 0.3 is 6.18 Å². The minimum atomic E-state index is -4.52. The fourth-order valence-electron chi connectivity index (χ4n) is 1.76. The van der Waals surface area contributed by atoms with E-state index in [-0.39, 0.29) is 16.9 Å². The largest absolute Gasteiger partial charge is 0.418 e. The molecule has 0 bridgehead atoms. The van der Waals surface area contributed by atoms with Crippen molar-refractivity contribution in [1.82, 2.24) is 0 Å². The number of nitro groups is 1. The van der Waals surface area contributed by atoms with Gasteiger partial charge in [0, 0.05) is 6.07 Å². The minimum Gasteiger partial charge on any atom is -0.278 e. The van der Waals surface area contributed by atoms with Gasteiger partial charge in [-0.25, -0.2) is 0 Å². The molecule has 8 heteroatoms. The number of hydrazone groups is 1. The van der Waals surface area contributed by atoms with E-state index in [0.29, 0.717) is 0 Å². The molecule has 0 fully saturated rings. The minimum absolute atomic E-state index is 0.183. The summed E-state index contributed by atoms with van der Waals surface area (Å²) in [5.74, 6) is 0. The van der Waals surface area contributed by atoms with Gasteiger partial charge in [-0.15, -0.1) is 0 Å². The van der Waals surface area contributed by atoms with Gasteiger partial charge in [-0.2, -0.15) is 18.3 Å². The second-order valence-electron chi connectivity index (χ2n) is 4.23. The van der Waals surface area contributed by atoms with E-state index in [0.717, 1.165) is 12.3 Å². The van der Waals surface area contributed by atoms with Crippen LogP contribution in [0.1, 0.15) is 11.1 Å². The second kappa shape index (κ2) is 6.25. The van der Waals surface area contributed by atoms with Gasteiger partial charge in [0.1, 0.15) is 0 Å². The van der Waals surface area contributed by atoms with Crippen LogP contribution in [0, 0.1) is 10.1 Å². The third kappa shape index (κ3) is 3.60. The maximum Gasteiger partial charge on any atom is 0.418 e. The summed E-state index contributed by atoms with van der Waals surface area (Å²) >= 11 is 0. The number of benzene rings is 2. The molecule has 0 heterocycles. The Labute approximate surface area is 123 Å². The first kappa shape index (κ1) is 15.5. The number of nitro benzene ring substituents is 1. The summed E-state index contributed by atoms with van der Waals surface area (Å²) in [6.45, 7) is 0. The normalized spacial score (nSPS) is 11.6. The summed E-state index contributed by atoms with van der Waals surface area (Å²) in [5, 5.41) is 14.5. The molecule has 0 aromatic heterocycles. The highest BCUT2D eigenvalue weighted by Gasteiger charge is 2.33. The number of nitrogens with zero attached hydrogens (tertiary/aromatic N) is 2. The predicted octanol–water partition coefficient (Wildman–Crippen LogP) is 4.06. The molecule has 0 aliphatic heterocycles. The third-order valence-electron chi connectivity index (χ3n) is 2.75. The predicted molar refractivity (Wildman–Crippen MR) is 75.8 cm³/mol. The molecule has 0 saturated heterocycles. The van der Waals surface area contributed by atoms with Crippen LogP contribution >= 0.6 is 0 Å². The molecule has 1 N–H and O–H groups in total. The van der Waals surface area contributed by atoms with Crippen LogP contribution in [0.15, 0.2) is 53.6 Å². The van der Waals surface area contributed by atoms with Gasteiger partial charge in [-0.05, 0) is 18.2 Å². The van der Waals surface area contributed by atoms with E-state index in [1.165, 1.54) is 36.4 Å². The van der Waals surface area contributed by atoms with Gasteiger partial charge in [0.05, 0.1) is 28.0 Å². The lowest BCUT2D eigenvalue weighted by atomic mass is 10.2. The summed E-state index contributed by atoms with van der Waals surface area (Å²) in [6.07, 6.45) is -3.41. The van der Waals surface area contributed by atoms with Gasteiger partial charge < -0.3 is 0 Å². The Bertz CT molecular complexity index is 714.